The molecule has 2 aliphatic rings. The molecule has 12 rings (SSSR count). The predicted molar refractivity (Wildman–Crippen MR) is 264 cm³/mol. The molecule has 0 saturated heterocycles. The van der Waals surface area contributed by atoms with Gasteiger partial charge in [-0.1, -0.05) is 204 Å². The summed E-state index contributed by atoms with van der Waals surface area (Å²) in [7, 11) is 0. The Bertz CT molecular complexity index is 3380. The van der Waals surface area contributed by atoms with Crippen LogP contribution in [0.4, 0.5) is 0 Å². The van der Waals surface area contributed by atoms with Gasteiger partial charge in [-0.05, 0) is 152 Å². The van der Waals surface area contributed by atoms with Gasteiger partial charge in [-0.15, -0.1) is 0 Å². The quantitative estimate of drug-likeness (QED) is 0.152. The van der Waals surface area contributed by atoms with Crippen molar-refractivity contribution in [2.75, 3.05) is 0 Å². The maximum absolute atomic E-state index is 2.52. The molecule has 0 nitrogen and oxygen atoms in total. The zero-order valence-electron chi connectivity index (χ0n) is 35.6. The lowest BCUT2D eigenvalue weighted by Gasteiger charge is -2.26. The smallest absolute Gasteiger partial charge is 0.0165 e. The van der Waals surface area contributed by atoms with E-state index in [2.05, 4.69) is 234 Å². The van der Waals surface area contributed by atoms with Crippen molar-refractivity contribution < 1.29 is 0 Å². The van der Waals surface area contributed by atoms with Crippen molar-refractivity contribution in [3.8, 4) is 77.9 Å². The normalized spacial score (nSPS) is 14.1. The van der Waals surface area contributed by atoms with Gasteiger partial charge in [0.2, 0.25) is 0 Å². The minimum Gasteiger partial charge on any atom is -0.0622 e. The standard InChI is InChI=1S/C62H46/c1-61(2)54-29-16-15-28-53(54)59-55(61)33-32-52-47-31-30-43(38-56(47)62(3,4)60(52)59)57-48-24-11-13-26-50(48)58(51-27-14-12-25-49(51)57)46-36-44(40-20-9-6-10-21-40)35-45(37-46)42-23-17-22-41(34-42)39-18-7-5-8-19-39/h5-38H,1-4H3. The summed E-state index contributed by atoms with van der Waals surface area (Å²) < 4.78 is 0. The third-order valence-electron chi connectivity index (χ3n) is 14.2. The van der Waals surface area contributed by atoms with Crippen LogP contribution < -0.4 is 0 Å². The van der Waals surface area contributed by atoms with Gasteiger partial charge in [0, 0.05) is 10.8 Å². The first-order chi connectivity index (χ1) is 30.3. The summed E-state index contributed by atoms with van der Waals surface area (Å²) >= 11 is 0. The van der Waals surface area contributed by atoms with Gasteiger partial charge in [-0.2, -0.15) is 0 Å². The number of hydrogen-bond donors (Lipinski definition) is 0. The van der Waals surface area contributed by atoms with Gasteiger partial charge in [-0.25, -0.2) is 0 Å². The fourth-order valence-electron chi connectivity index (χ4n) is 11.2. The van der Waals surface area contributed by atoms with E-state index in [0.29, 0.717) is 0 Å². The molecule has 0 unspecified atom stereocenters. The molecule has 0 heterocycles. The fraction of sp³-hybridized carbons (Fsp3) is 0.0968. The Morgan fingerprint density at radius 2 is 0.710 bits per heavy atom. The summed E-state index contributed by atoms with van der Waals surface area (Å²) in [6, 6.07) is 77.1. The van der Waals surface area contributed by atoms with E-state index in [4.69, 9.17) is 0 Å². The first-order valence-corrected chi connectivity index (χ1v) is 22.0. The molecule has 10 aromatic rings. The molecule has 2 aliphatic carbocycles. The first kappa shape index (κ1) is 36.6. The molecule has 0 amide bonds. The summed E-state index contributed by atoms with van der Waals surface area (Å²) in [6.07, 6.45) is 0. The Morgan fingerprint density at radius 1 is 0.242 bits per heavy atom. The Labute approximate surface area is 364 Å². The zero-order valence-corrected chi connectivity index (χ0v) is 35.6. The molecule has 0 aromatic heterocycles. The highest BCUT2D eigenvalue weighted by Crippen LogP contribution is 2.59. The summed E-state index contributed by atoms with van der Waals surface area (Å²) in [5.41, 5.74) is 23.4. The van der Waals surface area contributed by atoms with Crippen LogP contribution in [0.2, 0.25) is 0 Å². The average molecular weight is 791 g/mol. The van der Waals surface area contributed by atoms with Crippen LogP contribution in [-0.2, 0) is 10.8 Å². The second kappa shape index (κ2) is 13.6. The Balaban J connectivity index is 1.06. The van der Waals surface area contributed by atoms with E-state index in [-0.39, 0.29) is 10.8 Å². The lowest BCUT2D eigenvalue weighted by Crippen LogP contribution is -2.18. The molecular formula is C62H46. The highest BCUT2D eigenvalue weighted by Gasteiger charge is 2.44. The maximum Gasteiger partial charge on any atom is 0.0165 e. The third kappa shape index (κ3) is 5.39. The number of benzene rings is 10. The van der Waals surface area contributed by atoms with E-state index in [1.807, 2.05) is 0 Å². The van der Waals surface area contributed by atoms with Gasteiger partial charge in [0.1, 0.15) is 0 Å². The van der Waals surface area contributed by atoms with E-state index in [0.717, 1.165) is 0 Å². The van der Waals surface area contributed by atoms with Crippen LogP contribution in [0.25, 0.3) is 99.4 Å². The highest BCUT2D eigenvalue weighted by molar-refractivity contribution is 6.22. The largest absolute Gasteiger partial charge is 0.0622 e. The number of rotatable bonds is 5. The molecule has 62 heavy (non-hydrogen) atoms. The topological polar surface area (TPSA) is 0 Å². The highest BCUT2D eigenvalue weighted by atomic mass is 14.5. The van der Waals surface area contributed by atoms with E-state index >= 15 is 0 Å². The van der Waals surface area contributed by atoms with Crippen LogP contribution in [0, 0.1) is 0 Å². The summed E-state index contributed by atoms with van der Waals surface area (Å²) in [4.78, 5) is 0. The molecule has 0 aliphatic heterocycles. The van der Waals surface area contributed by atoms with Gasteiger partial charge in [-0.3, -0.25) is 0 Å². The molecule has 0 fully saturated rings. The van der Waals surface area contributed by atoms with E-state index in [9.17, 15) is 0 Å². The predicted octanol–water partition coefficient (Wildman–Crippen LogP) is 16.9. The molecule has 10 aromatic carbocycles. The van der Waals surface area contributed by atoms with Crippen LogP contribution in [0.3, 0.4) is 0 Å². The molecule has 0 saturated carbocycles. The summed E-state index contributed by atoms with van der Waals surface area (Å²) in [5, 5.41) is 5.05. The number of fused-ring (bicyclic) bond motifs is 9. The lowest BCUT2D eigenvalue weighted by molar-refractivity contribution is 0.647. The Morgan fingerprint density at radius 3 is 1.35 bits per heavy atom. The molecule has 0 spiro atoms. The van der Waals surface area contributed by atoms with Gasteiger partial charge < -0.3 is 0 Å². The monoisotopic (exact) mass is 790 g/mol. The second-order valence-electron chi connectivity index (χ2n) is 18.4. The molecule has 0 bridgehead atoms. The SMILES string of the molecule is CC1(C)c2ccccc2-c2c1ccc1c2C(C)(C)c2cc(-c3c4ccccc4c(-c4cc(-c5ccccc5)cc(-c5cccc(-c6ccccc6)c5)c4)c4ccccc34)ccc2-1. The average Bonchev–Trinajstić information content (AvgIpc) is 3.70. The van der Waals surface area contributed by atoms with Gasteiger partial charge >= 0.3 is 0 Å². The van der Waals surface area contributed by atoms with Crippen molar-refractivity contribution in [3.63, 3.8) is 0 Å². The Hall–Kier alpha value is -7.28. The second-order valence-corrected chi connectivity index (χ2v) is 18.4. The van der Waals surface area contributed by atoms with E-state index in [1.54, 1.807) is 0 Å². The molecular weight excluding hydrogens is 745 g/mol. The van der Waals surface area contributed by atoms with Gasteiger partial charge in [0.05, 0.1) is 0 Å². The molecule has 294 valence electrons. The van der Waals surface area contributed by atoms with Crippen molar-refractivity contribution in [1.29, 1.82) is 0 Å². The van der Waals surface area contributed by atoms with Crippen LogP contribution in [0.5, 0.6) is 0 Å². The minimum atomic E-state index is -0.183. The zero-order chi connectivity index (χ0) is 41.7. The third-order valence-corrected chi connectivity index (χ3v) is 14.2. The molecule has 0 N–H and O–H groups in total. The van der Waals surface area contributed by atoms with Crippen molar-refractivity contribution in [3.05, 3.63) is 229 Å². The van der Waals surface area contributed by atoms with Crippen LogP contribution in [0.15, 0.2) is 206 Å². The number of hydrogen-bond acceptors (Lipinski definition) is 0. The summed E-state index contributed by atoms with van der Waals surface area (Å²) in [6.45, 7) is 9.67. The lowest BCUT2D eigenvalue weighted by atomic mass is 9.76. The van der Waals surface area contributed by atoms with Crippen molar-refractivity contribution in [2.45, 2.75) is 38.5 Å². The molecule has 0 atom stereocenters. The van der Waals surface area contributed by atoms with Crippen LogP contribution >= 0.6 is 0 Å². The summed E-state index contributed by atoms with van der Waals surface area (Å²) in [5.74, 6) is 0. The molecule has 0 radical (unpaired) electrons. The van der Waals surface area contributed by atoms with Crippen molar-refractivity contribution >= 4 is 21.5 Å². The fourth-order valence-corrected chi connectivity index (χ4v) is 11.2. The van der Waals surface area contributed by atoms with Crippen molar-refractivity contribution in [1.82, 2.24) is 0 Å². The van der Waals surface area contributed by atoms with E-state index in [1.165, 1.54) is 122 Å². The van der Waals surface area contributed by atoms with Gasteiger partial charge in [0.25, 0.3) is 0 Å². The van der Waals surface area contributed by atoms with Crippen molar-refractivity contribution in [2.24, 2.45) is 0 Å². The van der Waals surface area contributed by atoms with Gasteiger partial charge in [0.15, 0.2) is 0 Å². The Kier molecular flexibility index (Phi) is 8.03. The first-order valence-electron chi connectivity index (χ1n) is 22.0. The maximum atomic E-state index is 2.52. The van der Waals surface area contributed by atoms with E-state index < -0.39 is 0 Å². The van der Waals surface area contributed by atoms with Crippen LogP contribution in [0.1, 0.15) is 49.9 Å². The molecule has 0 heteroatoms. The minimum absolute atomic E-state index is 0.0376. The van der Waals surface area contributed by atoms with Crippen LogP contribution in [-0.4, -0.2) is 0 Å².